The second-order valence-electron chi connectivity index (χ2n) is 6.54. The minimum atomic E-state index is -0.583. The van der Waals surface area contributed by atoms with Gasteiger partial charge in [0.25, 0.3) is 0 Å². The van der Waals surface area contributed by atoms with Crippen molar-refractivity contribution in [3.8, 4) is 0 Å². The molecular weight excluding hydrogens is 284 g/mol. The van der Waals surface area contributed by atoms with Crippen LogP contribution in [0.3, 0.4) is 0 Å². The van der Waals surface area contributed by atoms with Crippen molar-refractivity contribution in [3.63, 3.8) is 0 Å². The number of hydrogen-bond donors (Lipinski definition) is 1. The minimum absolute atomic E-state index is 0.00858. The molecule has 4 heteroatoms. The molecule has 0 spiro atoms. The number of aryl methyl sites for hydroxylation is 2. The number of rotatable bonds is 3. The van der Waals surface area contributed by atoms with Gasteiger partial charge in [0.05, 0.1) is 11.8 Å². The topological polar surface area (TPSA) is 38.0 Å². The number of aliphatic hydroxyl groups excluding tert-OH is 1. The monoisotopic (exact) mass is 306 g/mol. The summed E-state index contributed by atoms with van der Waals surface area (Å²) >= 11 is 6.26. The molecule has 2 rings (SSSR count). The van der Waals surface area contributed by atoms with Crippen LogP contribution >= 0.6 is 11.6 Å². The fraction of sp³-hybridized carbons (Fsp3) is 0.471. The molecule has 114 valence electrons. The summed E-state index contributed by atoms with van der Waals surface area (Å²) < 4.78 is 1.65. The van der Waals surface area contributed by atoms with Crippen molar-refractivity contribution in [1.82, 2.24) is 9.78 Å². The fourth-order valence-electron chi connectivity index (χ4n) is 2.68. The van der Waals surface area contributed by atoms with Gasteiger partial charge < -0.3 is 5.11 Å². The van der Waals surface area contributed by atoms with Crippen LogP contribution in [0.25, 0.3) is 0 Å². The lowest BCUT2D eigenvalue weighted by atomic mass is 9.81. The van der Waals surface area contributed by atoms with Crippen LogP contribution in [0.15, 0.2) is 24.3 Å². The lowest BCUT2D eigenvalue weighted by Crippen LogP contribution is -2.17. The van der Waals surface area contributed by atoms with Gasteiger partial charge in [-0.05, 0) is 23.5 Å². The Morgan fingerprint density at radius 2 is 1.90 bits per heavy atom. The Balaban J connectivity index is 2.35. The largest absolute Gasteiger partial charge is 0.388 e. The Kier molecular flexibility index (Phi) is 4.45. The van der Waals surface area contributed by atoms with Crippen molar-refractivity contribution >= 4 is 11.6 Å². The molecule has 0 amide bonds. The van der Waals surface area contributed by atoms with Crippen molar-refractivity contribution in [2.75, 3.05) is 0 Å². The lowest BCUT2D eigenvalue weighted by Gasteiger charge is -2.25. The molecule has 21 heavy (non-hydrogen) atoms. The standard InChI is InChI=1S/C17H23ClN2O/c1-11-13(16(18)20(5)19-11)10-15(21)12-8-6-7-9-14(12)17(2,3)4/h6-9,15,21H,10H2,1-5H3. The van der Waals surface area contributed by atoms with E-state index in [0.717, 1.165) is 22.4 Å². The third kappa shape index (κ3) is 3.30. The van der Waals surface area contributed by atoms with Crippen molar-refractivity contribution in [2.24, 2.45) is 7.05 Å². The van der Waals surface area contributed by atoms with Crippen LogP contribution in [0.1, 0.15) is 49.3 Å². The average molecular weight is 307 g/mol. The van der Waals surface area contributed by atoms with Gasteiger partial charge in [0.1, 0.15) is 5.15 Å². The van der Waals surface area contributed by atoms with Gasteiger partial charge in [-0.2, -0.15) is 5.10 Å². The van der Waals surface area contributed by atoms with Gasteiger partial charge in [-0.25, -0.2) is 0 Å². The molecule has 1 aromatic heterocycles. The van der Waals surface area contributed by atoms with E-state index in [2.05, 4.69) is 31.9 Å². The summed E-state index contributed by atoms with van der Waals surface area (Å²) in [4.78, 5) is 0. The summed E-state index contributed by atoms with van der Waals surface area (Å²) in [6.45, 7) is 8.38. The Hall–Kier alpha value is -1.32. The average Bonchev–Trinajstić information content (AvgIpc) is 2.64. The molecular formula is C17H23ClN2O. The first-order chi connectivity index (χ1) is 9.71. The van der Waals surface area contributed by atoms with Gasteiger partial charge in [0.15, 0.2) is 0 Å². The first kappa shape index (κ1) is 16.1. The van der Waals surface area contributed by atoms with Crippen molar-refractivity contribution < 1.29 is 5.11 Å². The number of nitrogens with zero attached hydrogens (tertiary/aromatic N) is 2. The maximum atomic E-state index is 10.7. The van der Waals surface area contributed by atoms with E-state index in [-0.39, 0.29) is 5.41 Å². The second-order valence-corrected chi connectivity index (χ2v) is 6.89. The van der Waals surface area contributed by atoms with Crippen LogP contribution in [0.2, 0.25) is 5.15 Å². The number of aromatic nitrogens is 2. The van der Waals surface area contributed by atoms with Gasteiger partial charge >= 0.3 is 0 Å². The quantitative estimate of drug-likeness (QED) is 0.932. The van der Waals surface area contributed by atoms with Gasteiger partial charge in [0.2, 0.25) is 0 Å². The van der Waals surface area contributed by atoms with E-state index in [1.165, 1.54) is 0 Å². The molecule has 0 bridgehead atoms. The lowest BCUT2D eigenvalue weighted by molar-refractivity contribution is 0.176. The molecule has 1 N–H and O–H groups in total. The van der Waals surface area contributed by atoms with Crippen LogP contribution in [-0.4, -0.2) is 14.9 Å². The van der Waals surface area contributed by atoms with Crippen LogP contribution in [-0.2, 0) is 18.9 Å². The van der Waals surface area contributed by atoms with Crippen LogP contribution in [0.4, 0.5) is 0 Å². The van der Waals surface area contributed by atoms with Crippen molar-refractivity contribution in [2.45, 2.75) is 45.6 Å². The first-order valence-electron chi connectivity index (χ1n) is 7.17. The van der Waals surface area contributed by atoms with Gasteiger partial charge in [-0.15, -0.1) is 0 Å². The van der Waals surface area contributed by atoms with E-state index in [1.54, 1.807) is 4.68 Å². The van der Waals surface area contributed by atoms with Gasteiger partial charge in [-0.1, -0.05) is 56.6 Å². The first-order valence-corrected chi connectivity index (χ1v) is 7.55. The third-order valence-corrected chi connectivity index (χ3v) is 4.27. The summed E-state index contributed by atoms with van der Waals surface area (Å²) in [5, 5.41) is 15.6. The van der Waals surface area contributed by atoms with Crippen LogP contribution in [0.5, 0.6) is 0 Å². The highest BCUT2D eigenvalue weighted by Gasteiger charge is 2.23. The van der Waals surface area contributed by atoms with Crippen molar-refractivity contribution in [3.05, 3.63) is 51.8 Å². The van der Waals surface area contributed by atoms with E-state index >= 15 is 0 Å². The maximum absolute atomic E-state index is 10.7. The predicted molar refractivity (Wildman–Crippen MR) is 86.8 cm³/mol. The maximum Gasteiger partial charge on any atom is 0.130 e. The fourth-order valence-corrected chi connectivity index (χ4v) is 2.93. The number of hydrogen-bond acceptors (Lipinski definition) is 2. The minimum Gasteiger partial charge on any atom is -0.388 e. The molecule has 0 saturated carbocycles. The summed E-state index contributed by atoms with van der Waals surface area (Å²) in [7, 11) is 1.81. The molecule has 3 nitrogen and oxygen atoms in total. The molecule has 0 aliphatic rings. The molecule has 0 aliphatic heterocycles. The van der Waals surface area contributed by atoms with E-state index in [4.69, 9.17) is 11.6 Å². The van der Waals surface area contributed by atoms with E-state index in [0.29, 0.717) is 11.6 Å². The Morgan fingerprint density at radius 3 is 2.43 bits per heavy atom. The summed E-state index contributed by atoms with van der Waals surface area (Å²) in [5.74, 6) is 0. The molecule has 0 aliphatic carbocycles. The summed E-state index contributed by atoms with van der Waals surface area (Å²) in [6, 6.07) is 8.05. The van der Waals surface area contributed by atoms with Crippen molar-refractivity contribution in [1.29, 1.82) is 0 Å². The number of aliphatic hydroxyl groups is 1. The Morgan fingerprint density at radius 1 is 1.29 bits per heavy atom. The molecule has 1 unspecified atom stereocenters. The van der Waals surface area contributed by atoms with E-state index in [1.807, 2.05) is 32.2 Å². The SMILES string of the molecule is Cc1nn(C)c(Cl)c1CC(O)c1ccccc1C(C)(C)C. The highest BCUT2D eigenvalue weighted by molar-refractivity contribution is 6.30. The summed E-state index contributed by atoms with van der Waals surface area (Å²) in [5.41, 5.74) is 3.90. The van der Waals surface area contributed by atoms with Crippen LogP contribution in [0, 0.1) is 6.92 Å². The predicted octanol–water partition coefficient (Wildman–Crippen LogP) is 3.96. The molecule has 1 atom stereocenters. The van der Waals surface area contributed by atoms with E-state index < -0.39 is 6.10 Å². The molecule has 1 heterocycles. The molecule has 2 aromatic rings. The highest BCUT2D eigenvalue weighted by atomic mass is 35.5. The molecule has 0 saturated heterocycles. The van der Waals surface area contributed by atoms with E-state index in [9.17, 15) is 5.11 Å². The Bertz CT molecular complexity index is 641. The molecule has 0 fully saturated rings. The zero-order valence-electron chi connectivity index (χ0n) is 13.3. The zero-order valence-corrected chi connectivity index (χ0v) is 14.1. The normalized spacial score (nSPS) is 13.5. The smallest absolute Gasteiger partial charge is 0.130 e. The molecule has 1 aromatic carbocycles. The van der Waals surface area contributed by atoms with Crippen LogP contribution < -0.4 is 0 Å². The second kappa shape index (κ2) is 5.82. The number of benzene rings is 1. The van der Waals surface area contributed by atoms with Gasteiger partial charge in [-0.3, -0.25) is 4.68 Å². The molecule has 0 radical (unpaired) electrons. The Labute approximate surface area is 131 Å². The summed E-state index contributed by atoms with van der Waals surface area (Å²) in [6.07, 6.45) is -0.105. The third-order valence-electron chi connectivity index (χ3n) is 3.80. The van der Waals surface area contributed by atoms with Gasteiger partial charge in [0, 0.05) is 19.0 Å². The number of halogens is 1. The zero-order chi connectivity index (χ0) is 15.8. The highest BCUT2D eigenvalue weighted by Crippen LogP contribution is 2.32.